The average Bonchev–Trinajstić information content (AvgIpc) is 2.46. The van der Waals surface area contributed by atoms with Crippen molar-refractivity contribution in [2.45, 2.75) is 26.3 Å². The Balaban J connectivity index is 2.75. The third-order valence-electron chi connectivity index (χ3n) is 1.79. The van der Waals surface area contributed by atoms with Crippen LogP contribution in [0.3, 0.4) is 0 Å². The Kier molecular flexibility index (Phi) is 3.81. The fraction of sp³-hybridized carbons (Fsp3) is 0.556. The monoisotopic (exact) mass is 205 g/mol. The maximum atomic E-state index is 12.5. The molecule has 0 fully saturated rings. The minimum Gasteiger partial charge on any atom is -0.305 e. The fourth-order valence-electron chi connectivity index (χ4n) is 1.20. The van der Waals surface area contributed by atoms with Crippen LogP contribution < -0.4 is 5.32 Å². The lowest BCUT2D eigenvalue weighted by atomic mass is 10.1. The summed E-state index contributed by atoms with van der Waals surface area (Å²) in [5.74, 6) is 0. The van der Waals surface area contributed by atoms with Crippen molar-refractivity contribution in [3.05, 3.63) is 21.9 Å². The van der Waals surface area contributed by atoms with E-state index in [1.165, 1.54) is 11.3 Å². The summed E-state index contributed by atoms with van der Waals surface area (Å²) in [6, 6.07) is 0.999. The summed E-state index contributed by atoms with van der Waals surface area (Å²) >= 11 is 1.50. The van der Waals surface area contributed by atoms with Crippen LogP contribution in [0.2, 0.25) is 0 Å². The first-order valence-corrected chi connectivity index (χ1v) is 5.09. The molecular formula is C9H13F2NS. The van der Waals surface area contributed by atoms with E-state index < -0.39 is 12.5 Å². The zero-order valence-corrected chi connectivity index (χ0v) is 8.50. The zero-order chi connectivity index (χ0) is 9.84. The van der Waals surface area contributed by atoms with E-state index in [9.17, 15) is 8.78 Å². The van der Waals surface area contributed by atoms with Crippen molar-refractivity contribution in [3.63, 3.8) is 0 Å². The molecule has 1 heterocycles. The van der Waals surface area contributed by atoms with E-state index in [0.717, 1.165) is 4.88 Å². The van der Waals surface area contributed by atoms with Gasteiger partial charge >= 0.3 is 0 Å². The molecule has 0 aliphatic rings. The molecule has 0 radical (unpaired) electrons. The lowest BCUT2D eigenvalue weighted by Gasteiger charge is -2.15. The maximum Gasteiger partial charge on any atom is 0.257 e. The Labute approximate surface area is 80.8 Å². The van der Waals surface area contributed by atoms with Crippen molar-refractivity contribution in [1.29, 1.82) is 0 Å². The van der Waals surface area contributed by atoms with E-state index in [1.807, 2.05) is 19.9 Å². The Morgan fingerprint density at radius 3 is 2.62 bits per heavy atom. The molecule has 1 atom stereocenters. The largest absolute Gasteiger partial charge is 0.305 e. The molecule has 0 amide bonds. The molecule has 0 saturated carbocycles. The molecule has 0 bridgehead atoms. The SMILES string of the molecule is CCNC(c1csc(C)c1)C(F)F. The molecular weight excluding hydrogens is 192 g/mol. The van der Waals surface area contributed by atoms with Crippen LogP contribution in [0, 0.1) is 6.92 Å². The van der Waals surface area contributed by atoms with E-state index in [4.69, 9.17) is 0 Å². The quantitative estimate of drug-likeness (QED) is 0.796. The van der Waals surface area contributed by atoms with Crippen LogP contribution in [0.1, 0.15) is 23.4 Å². The van der Waals surface area contributed by atoms with Crippen LogP contribution in [0.15, 0.2) is 11.4 Å². The van der Waals surface area contributed by atoms with Gasteiger partial charge < -0.3 is 5.32 Å². The van der Waals surface area contributed by atoms with Crippen molar-refractivity contribution >= 4 is 11.3 Å². The van der Waals surface area contributed by atoms with Crippen molar-refractivity contribution in [2.24, 2.45) is 0 Å². The summed E-state index contributed by atoms with van der Waals surface area (Å²) in [5, 5.41) is 4.55. The number of nitrogens with one attached hydrogen (secondary N) is 1. The van der Waals surface area contributed by atoms with Gasteiger partial charge in [0.2, 0.25) is 0 Å². The molecule has 1 nitrogen and oxygen atoms in total. The van der Waals surface area contributed by atoms with Gasteiger partial charge in [-0.1, -0.05) is 6.92 Å². The van der Waals surface area contributed by atoms with Gasteiger partial charge in [0.15, 0.2) is 0 Å². The molecule has 0 spiro atoms. The van der Waals surface area contributed by atoms with Gasteiger partial charge in [-0.3, -0.25) is 0 Å². The highest BCUT2D eigenvalue weighted by molar-refractivity contribution is 7.10. The highest BCUT2D eigenvalue weighted by Crippen LogP contribution is 2.24. The van der Waals surface area contributed by atoms with Crippen molar-refractivity contribution < 1.29 is 8.78 Å². The number of hydrogen-bond acceptors (Lipinski definition) is 2. The fourth-order valence-corrected chi connectivity index (χ4v) is 1.94. The van der Waals surface area contributed by atoms with E-state index in [2.05, 4.69) is 5.32 Å². The molecule has 1 N–H and O–H groups in total. The summed E-state index contributed by atoms with van der Waals surface area (Å²) in [5.41, 5.74) is 0.694. The van der Waals surface area contributed by atoms with Gasteiger partial charge in [0.25, 0.3) is 6.43 Å². The summed E-state index contributed by atoms with van der Waals surface area (Å²) in [4.78, 5) is 1.07. The minimum atomic E-state index is -2.34. The van der Waals surface area contributed by atoms with Gasteiger partial charge in [0, 0.05) is 4.88 Å². The van der Waals surface area contributed by atoms with E-state index >= 15 is 0 Å². The molecule has 1 aromatic heterocycles. The predicted molar refractivity (Wildman–Crippen MR) is 51.5 cm³/mol. The average molecular weight is 205 g/mol. The van der Waals surface area contributed by atoms with Crippen molar-refractivity contribution in [3.8, 4) is 0 Å². The first kappa shape index (κ1) is 10.6. The number of hydrogen-bond donors (Lipinski definition) is 1. The normalized spacial score (nSPS) is 13.6. The number of thiophene rings is 1. The van der Waals surface area contributed by atoms with Crippen LogP contribution in [0.4, 0.5) is 8.78 Å². The van der Waals surface area contributed by atoms with E-state index in [0.29, 0.717) is 12.1 Å². The Morgan fingerprint density at radius 1 is 1.54 bits per heavy atom. The molecule has 0 aliphatic carbocycles. The first-order chi connectivity index (χ1) is 6.15. The molecule has 1 aromatic rings. The molecule has 0 aromatic carbocycles. The second-order valence-electron chi connectivity index (χ2n) is 2.86. The third-order valence-corrected chi connectivity index (χ3v) is 2.67. The van der Waals surface area contributed by atoms with Crippen molar-refractivity contribution in [1.82, 2.24) is 5.32 Å². The lowest BCUT2D eigenvalue weighted by molar-refractivity contribution is 0.0995. The van der Waals surface area contributed by atoms with Gasteiger partial charge in [0.1, 0.15) is 0 Å². The summed E-state index contributed by atoms with van der Waals surface area (Å²) in [7, 11) is 0. The molecule has 1 rings (SSSR count). The van der Waals surface area contributed by atoms with E-state index in [1.54, 1.807) is 5.38 Å². The number of rotatable bonds is 4. The molecule has 13 heavy (non-hydrogen) atoms. The van der Waals surface area contributed by atoms with Crippen LogP contribution in [-0.2, 0) is 0 Å². The molecule has 1 unspecified atom stereocenters. The second kappa shape index (κ2) is 4.67. The Hall–Kier alpha value is -0.480. The molecule has 0 aliphatic heterocycles. The van der Waals surface area contributed by atoms with Crippen LogP contribution in [0.5, 0.6) is 0 Å². The Morgan fingerprint density at radius 2 is 2.23 bits per heavy atom. The van der Waals surface area contributed by atoms with Crippen LogP contribution in [0.25, 0.3) is 0 Å². The van der Waals surface area contributed by atoms with E-state index in [-0.39, 0.29) is 0 Å². The standard InChI is InChI=1S/C9H13F2NS/c1-3-12-8(9(10)11)7-4-6(2)13-5-7/h4-5,8-9,12H,3H2,1-2H3. The number of aryl methyl sites for hydroxylation is 1. The highest BCUT2D eigenvalue weighted by Gasteiger charge is 2.21. The van der Waals surface area contributed by atoms with Crippen LogP contribution >= 0.6 is 11.3 Å². The third kappa shape index (κ3) is 2.74. The molecule has 4 heteroatoms. The van der Waals surface area contributed by atoms with Gasteiger partial charge in [-0.15, -0.1) is 11.3 Å². The number of alkyl halides is 2. The zero-order valence-electron chi connectivity index (χ0n) is 7.68. The maximum absolute atomic E-state index is 12.5. The minimum absolute atomic E-state index is 0.559. The summed E-state index contributed by atoms with van der Waals surface area (Å²) in [6.07, 6.45) is -2.34. The number of halogens is 2. The molecule has 0 saturated heterocycles. The Bertz CT molecular complexity index is 260. The summed E-state index contributed by atoms with van der Waals surface area (Å²) < 4.78 is 25.0. The van der Waals surface area contributed by atoms with Crippen molar-refractivity contribution in [2.75, 3.05) is 6.54 Å². The van der Waals surface area contributed by atoms with Crippen LogP contribution in [-0.4, -0.2) is 13.0 Å². The summed E-state index contributed by atoms with van der Waals surface area (Å²) in [6.45, 7) is 4.31. The van der Waals surface area contributed by atoms with Gasteiger partial charge in [0.05, 0.1) is 6.04 Å². The molecule has 74 valence electrons. The smallest absolute Gasteiger partial charge is 0.257 e. The van der Waals surface area contributed by atoms with Gasteiger partial charge in [-0.25, -0.2) is 8.78 Å². The predicted octanol–water partition coefficient (Wildman–Crippen LogP) is 2.97. The lowest BCUT2D eigenvalue weighted by Crippen LogP contribution is -2.26. The topological polar surface area (TPSA) is 12.0 Å². The highest BCUT2D eigenvalue weighted by atomic mass is 32.1. The first-order valence-electron chi connectivity index (χ1n) is 4.21. The van der Waals surface area contributed by atoms with Gasteiger partial charge in [-0.2, -0.15) is 0 Å². The van der Waals surface area contributed by atoms with Gasteiger partial charge in [-0.05, 0) is 30.5 Å². The second-order valence-corrected chi connectivity index (χ2v) is 3.98.